The lowest BCUT2D eigenvalue weighted by Crippen LogP contribution is -2.37. The predicted molar refractivity (Wildman–Crippen MR) is 76.7 cm³/mol. The predicted octanol–water partition coefficient (Wildman–Crippen LogP) is 2.07. The maximum Gasteiger partial charge on any atom is 0.173 e. The van der Waals surface area contributed by atoms with Gasteiger partial charge >= 0.3 is 0 Å². The summed E-state index contributed by atoms with van der Waals surface area (Å²) in [5.41, 5.74) is 7.36. The Bertz CT molecular complexity index is 456. The van der Waals surface area contributed by atoms with Gasteiger partial charge in [-0.1, -0.05) is 18.1 Å². The second kappa shape index (κ2) is 6.43. The summed E-state index contributed by atoms with van der Waals surface area (Å²) in [5.74, 6) is 0.647. The van der Waals surface area contributed by atoms with Crippen LogP contribution in [0.1, 0.15) is 38.3 Å². The van der Waals surface area contributed by atoms with Crippen LogP contribution in [0.15, 0.2) is 23.4 Å². The highest BCUT2D eigenvalue weighted by Crippen LogP contribution is 2.20. The van der Waals surface area contributed by atoms with Gasteiger partial charge in [-0.15, -0.1) is 0 Å². The Hall–Kier alpha value is -1.75. The molecule has 19 heavy (non-hydrogen) atoms. The zero-order chi connectivity index (χ0) is 14.5. The first-order chi connectivity index (χ1) is 8.93. The number of hydrogen-bond donors (Lipinski definition) is 3. The van der Waals surface area contributed by atoms with Crippen molar-refractivity contribution in [1.82, 2.24) is 5.32 Å². The van der Waals surface area contributed by atoms with Crippen LogP contribution < -0.4 is 15.8 Å². The van der Waals surface area contributed by atoms with Gasteiger partial charge in [-0.25, -0.2) is 0 Å². The van der Waals surface area contributed by atoms with Crippen molar-refractivity contribution < 1.29 is 9.94 Å². The molecule has 0 aliphatic carbocycles. The Balaban J connectivity index is 2.89. The highest BCUT2D eigenvalue weighted by molar-refractivity contribution is 5.99. The van der Waals surface area contributed by atoms with E-state index in [9.17, 15) is 0 Å². The highest BCUT2D eigenvalue weighted by Gasteiger charge is 2.14. The number of oxime groups is 1. The Kier molecular flexibility index (Phi) is 5.18. The van der Waals surface area contributed by atoms with Crippen LogP contribution in [-0.2, 0) is 6.54 Å². The lowest BCUT2D eigenvalue weighted by atomic mass is 10.0. The molecule has 5 heteroatoms. The summed E-state index contributed by atoms with van der Waals surface area (Å²) in [6.07, 6.45) is 1.05. The SMILES string of the molecule is CCC(C)(C)NCc1ccc(/C(N)=N/O)c(OC)c1. The molecule has 1 aromatic carbocycles. The lowest BCUT2D eigenvalue weighted by molar-refractivity contribution is 0.318. The van der Waals surface area contributed by atoms with Gasteiger partial charge in [-0.2, -0.15) is 0 Å². The minimum absolute atomic E-state index is 0.0465. The normalized spacial score (nSPS) is 12.5. The molecule has 0 heterocycles. The van der Waals surface area contributed by atoms with Gasteiger partial charge in [0.15, 0.2) is 5.84 Å². The van der Waals surface area contributed by atoms with Crippen LogP contribution in [0.3, 0.4) is 0 Å². The van der Waals surface area contributed by atoms with Gasteiger partial charge in [0.1, 0.15) is 5.75 Å². The third kappa shape index (κ3) is 4.13. The maximum atomic E-state index is 8.71. The van der Waals surface area contributed by atoms with Gasteiger partial charge in [0.05, 0.1) is 12.7 Å². The van der Waals surface area contributed by atoms with Crippen molar-refractivity contribution in [2.45, 2.75) is 39.3 Å². The van der Waals surface area contributed by atoms with E-state index in [1.165, 1.54) is 0 Å². The molecule has 5 nitrogen and oxygen atoms in total. The molecular formula is C14H23N3O2. The molecule has 0 atom stereocenters. The van der Waals surface area contributed by atoms with E-state index in [1.807, 2.05) is 12.1 Å². The standard InChI is InChI=1S/C14H23N3O2/c1-5-14(2,3)16-9-10-6-7-11(13(15)17-18)12(8-10)19-4/h6-8,16,18H,5,9H2,1-4H3,(H2,15,17). The minimum Gasteiger partial charge on any atom is -0.496 e. The van der Waals surface area contributed by atoms with Crippen LogP contribution in [0.5, 0.6) is 5.75 Å². The monoisotopic (exact) mass is 265 g/mol. The van der Waals surface area contributed by atoms with E-state index in [1.54, 1.807) is 13.2 Å². The number of rotatable bonds is 6. The van der Waals surface area contributed by atoms with Gasteiger partial charge in [0, 0.05) is 12.1 Å². The zero-order valence-electron chi connectivity index (χ0n) is 12.0. The Labute approximate surface area is 114 Å². The van der Waals surface area contributed by atoms with Gasteiger partial charge in [0.25, 0.3) is 0 Å². The molecule has 4 N–H and O–H groups in total. The highest BCUT2D eigenvalue weighted by atomic mass is 16.5. The molecule has 0 bridgehead atoms. The van der Waals surface area contributed by atoms with Gasteiger partial charge in [-0.3, -0.25) is 0 Å². The maximum absolute atomic E-state index is 8.71. The van der Waals surface area contributed by atoms with Crippen LogP contribution in [0, 0.1) is 0 Å². The molecule has 0 aromatic heterocycles. The smallest absolute Gasteiger partial charge is 0.173 e. The van der Waals surface area contributed by atoms with E-state index in [0.717, 1.165) is 18.5 Å². The van der Waals surface area contributed by atoms with E-state index < -0.39 is 0 Å². The molecule has 0 spiro atoms. The number of ether oxygens (including phenoxy) is 1. The summed E-state index contributed by atoms with van der Waals surface area (Å²) in [5, 5.41) is 15.2. The average molecular weight is 265 g/mol. The summed E-state index contributed by atoms with van der Waals surface area (Å²) in [7, 11) is 1.57. The van der Waals surface area contributed by atoms with Gasteiger partial charge < -0.3 is 21.0 Å². The first-order valence-electron chi connectivity index (χ1n) is 6.33. The van der Waals surface area contributed by atoms with Crippen LogP contribution in [-0.4, -0.2) is 23.7 Å². The fourth-order valence-corrected chi connectivity index (χ4v) is 1.58. The van der Waals surface area contributed by atoms with E-state index in [4.69, 9.17) is 15.7 Å². The molecule has 0 amide bonds. The molecular weight excluding hydrogens is 242 g/mol. The van der Waals surface area contributed by atoms with Gasteiger partial charge in [-0.05, 0) is 38.0 Å². The number of benzene rings is 1. The zero-order valence-corrected chi connectivity index (χ0v) is 12.0. The number of hydrogen-bond acceptors (Lipinski definition) is 4. The summed E-state index contributed by atoms with van der Waals surface area (Å²) < 4.78 is 5.27. The molecule has 1 rings (SSSR count). The summed E-state index contributed by atoms with van der Waals surface area (Å²) in [6, 6.07) is 5.63. The molecule has 0 radical (unpaired) electrons. The molecule has 106 valence electrons. The topological polar surface area (TPSA) is 79.9 Å². The fourth-order valence-electron chi connectivity index (χ4n) is 1.58. The minimum atomic E-state index is 0.0465. The first-order valence-corrected chi connectivity index (χ1v) is 6.33. The second-order valence-corrected chi connectivity index (χ2v) is 5.11. The van der Waals surface area contributed by atoms with E-state index in [0.29, 0.717) is 11.3 Å². The molecule has 0 saturated heterocycles. The van der Waals surface area contributed by atoms with Crippen LogP contribution in [0.4, 0.5) is 0 Å². The second-order valence-electron chi connectivity index (χ2n) is 5.11. The van der Waals surface area contributed by atoms with Crippen LogP contribution >= 0.6 is 0 Å². The first kappa shape index (κ1) is 15.3. The van der Waals surface area contributed by atoms with Crippen molar-refractivity contribution in [3.8, 4) is 5.75 Å². The quantitative estimate of drug-likeness (QED) is 0.318. The third-order valence-corrected chi connectivity index (χ3v) is 3.30. The average Bonchev–Trinajstić information content (AvgIpc) is 2.44. The fraction of sp³-hybridized carbons (Fsp3) is 0.500. The van der Waals surface area contributed by atoms with Crippen molar-refractivity contribution in [2.24, 2.45) is 10.9 Å². The molecule has 0 saturated carbocycles. The number of nitrogens with zero attached hydrogens (tertiary/aromatic N) is 1. The van der Waals surface area contributed by atoms with Crippen molar-refractivity contribution in [3.05, 3.63) is 29.3 Å². The molecule has 0 unspecified atom stereocenters. The lowest BCUT2D eigenvalue weighted by Gasteiger charge is -2.24. The van der Waals surface area contributed by atoms with Crippen LogP contribution in [0.25, 0.3) is 0 Å². The number of nitrogens with two attached hydrogens (primary N) is 1. The number of nitrogens with one attached hydrogen (secondary N) is 1. The van der Waals surface area contributed by atoms with Crippen molar-refractivity contribution in [1.29, 1.82) is 0 Å². The summed E-state index contributed by atoms with van der Waals surface area (Å²) in [6.45, 7) is 7.22. The third-order valence-electron chi connectivity index (χ3n) is 3.30. The van der Waals surface area contributed by atoms with Crippen molar-refractivity contribution >= 4 is 5.84 Å². The van der Waals surface area contributed by atoms with Crippen molar-refractivity contribution in [2.75, 3.05) is 7.11 Å². The number of methoxy groups -OCH3 is 1. The Morgan fingerprint density at radius 2 is 2.16 bits per heavy atom. The van der Waals surface area contributed by atoms with E-state index >= 15 is 0 Å². The Morgan fingerprint density at radius 3 is 2.68 bits per heavy atom. The van der Waals surface area contributed by atoms with Crippen molar-refractivity contribution in [3.63, 3.8) is 0 Å². The Morgan fingerprint density at radius 1 is 1.47 bits per heavy atom. The van der Waals surface area contributed by atoms with E-state index in [-0.39, 0.29) is 11.4 Å². The molecule has 0 aliphatic rings. The largest absolute Gasteiger partial charge is 0.496 e. The van der Waals surface area contributed by atoms with Gasteiger partial charge in [0.2, 0.25) is 0 Å². The molecule has 0 aliphatic heterocycles. The van der Waals surface area contributed by atoms with E-state index in [2.05, 4.69) is 31.2 Å². The molecule has 0 fully saturated rings. The molecule has 1 aromatic rings. The number of amidine groups is 1. The summed E-state index contributed by atoms with van der Waals surface area (Å²) in [4.78, 5) is 0. The summed E-state index contributed by atoms with van der Waals surface area (Å²) >= 11 is 0. The van der Waals surface area contributed by atoms with Crippen LogP contribution in [0.2, 0.25) is 0 Å².